The maximum Gasteiger partial charge on any atom is 0.251 e. The van der Waals surface area contributed by atoms with Gasteiger partial charge in [0.15, 0.2) is 11.5 Å². The Morgan fingerprint density at radius 3 is 2.39 bits per heavy atom. The standard InChI is InChI=1S/C23H26N2O3/c1-25(2)20(19-11-7-9-16-8-5-6-10-18(16)19)15-24-23(26)17-12-13-21(27-3)22(14-17)28-4/h5-14,20H,15H2,1-4H3,(H,24,26)/t20-/m0/s1. The number of carbonyl (C=O) groups is 1. The Bertz CT molecular complexity index is 964. The van der Waals surface area contributed by atoms with E-state index in [0.29, 0.717) is 23.6 Å². The smallest absolute Gasteiger partial charge is 0.251 e. The van der Waals surface area contributed by atoms with E-state index in [9.17, 15) is 4.79 Å². The molecular weight excluding hydrogens is 352 g/mol. The fraction of sp³-hybridized carbons (Fsp3) is 0.261. The molecule has 3 aromatic carbocycles. The van der Waals surface area contributed by atoms with Crippen LogP contribution in [0.2, 0.25) is 0 Å². The summed E-state index contributed by atoms with van der Waals surface area (Å²) in [5, 5.41) is 5.45. The largest absolute Gasteiger partial charge is 0.493 e. The molecule has 0 spiro atoms. The van der Waals surface area contributed by atoms with Gasteiger partial charge in [-0.2, -0.15) is 0 Å². The first-order chi connectivity index (χ1) is 13.5. The summed E-state index contributed by atoms with van der Waals surface area (Å²) in [5.74, 6) is 0.988. The maximum atomic E-state index is 12.7. The number of nitrogens with one attached hydrogen (secondary N) is 1. The highest BCUT2D eigenvalue weighted by atomic mass is 16.5. The van der Waals surface area contributed by atoms with Crippen molar-refractivity contribution in [3.8, 4) is 11.5 Å². The molecule has 5 heteroatoms. The Morgan fingerprint density at radius 1 is 0.964 bits per heavy atom. The van der Waals surface area contributed by atoms with E-state index in [4.69, 9.17) is 9.47 Å². The van der Waals surface area contributed by atoms with E-state index in [1.807, 2.05) is 26.2 Å². The molecule has 28 heavy (non-hydrogen) atoms. The van der Waals surface area contributed by atoms with E-state index < -0.39 is 0 Å². The first kappa shape index (κ1) is 19.7. The van der Waals surface area contributed by atoms with E-state index in [2.05, 4.69) is 40.5 Å². The van der Waals surface area contributed by atoms with Crippen molar-refractivity contribution in [2.24, 2.45) is 0 Å². The molecule has 1 N–H and O–H groups in total. The Morgan fingerprint density at radius 2 is 1.68 bits per heavy atom. The third-order valence-electron chi connectivity index (χ3n) is 4.91. The van der Waals surface area contributed by atoms with Crippen molar-refractivity contribution < 1.29 is 14.3 Å². The summed E-state index contributed by atoms with van der Waals surface area (Å²) < 4.78 is 10.5. The van der Waals surface area contributed by atoms with Crippen molar-refractivity contribution in [2.45, 2.75) is 6.04 Å². The predicted octanol–water partition coefficient (Wildman–Crippen LogP) is 3.89. The maximum absolute atomic E-state index is 12.7. The number of hydrogen-bond donors (Lipinski definition) is 1. The molecule has 1 amide bonds. The zero-order valence-corrected chi connectivity index (χ0v) is 16.7. The summed E-state index contributed by atoms with van der Waals surface area (Å²) in [4.78, 5) is 14.8. The van der Waals surface area contributed by atoms with Crippen LogP contribution in [-0.4, -0.2) is 45.7 Å². The second kappa shape index (κ2) is 8.76. The number of hydrogen-bond acceptors (Lipinski definition) is 4. The van der Waals surface area contributed by atoms with Crippen LogP contribution >= 0.6 is 0 Å². The van der Waals surface area contributed by atoms with E-state index in [1.54, 1.807) is 32.4 Å². The van der Waals surface area contributed by atoms with Gasteiger partial charge < -0.3 is 19.7 Å². The molecule has 1 atom stereocenters. The number of benzene rings is 3. The number of rotatable bonds is 7. The van der Waals surface area contributed by atoms with Crippen molar-refractivity contribution in [3.05, 3.63) is 71.8 Å². The Balaban J connectivity index is 1.81. The van der Waals surface area contributed by atoms with E-state index in [-0.39, 0.29) is 11.9 Å². The van der Waals surface area contributed by atoms with Gasteiger partial charge in [0, 0.05) is 12.1 Å². The van der Waals surface area contributed by atoms with E-state index in [1.165, 1.54) is 16.3 Å². The number of nitrogens with zero attached hydrogens (tertiary/aromatic N) is 1. The highest BCUT2D eigenvalue weighted by Gasteiger charge is 2.18. The van der Waals surface area contributed by atoms with Crippen molar-refractivity contribution in [1.29, 1.82) is 0 Å². The molecule has 0 saturated carbocycles. The molecule has 0 aliphatic heterocycles. The third-order valence-corrected chi connectivity index (χ3v) is 4.91. The lowest BCUT2D eigenvalue weighted by atomic mass is 9.98. The molecule has 0 aliphatic carbocycles. The number of likely N-dealkylation sites (N-methyl/N-ethyl adjacent to an activating group) is 1. The van der Waals surface area contributed by atoms with E-state index >= 15 is 0 Å². The zero-order chi connectivity index (χ0) is 20.1. The van der Waals surface area contributed by atoms with Crippen LogP contribution in [0, 0.1) is 0 Å². The van der Waals surface area contributed by atoms with Crippen LogP contribution in [0.25, 0.3) is 10.8 Å². The van der Waals surface area contributed by atoms with Crippen LogP contribution in [0.4, 0.5) is 0 Å². The minimum Gasteiger partial charge on any atom is -0.493 e. The Labute approximate surface area is 165 Å². The van der Waals surface area contributed by atoms with Gasteiger partial charge in [-0.3, -0.25) is 4.79 Å². The normalized spacial score (nSPS) is 12.0. The quantitative estimate of drug-likeness (QED) is 0.678. The highest BCUT2D eigenvalue weighted by Crippen LogP contribution is 2.28. The molecule has 0 unspecified atom stereocenters. The average molecular weight is 378 g/mol. The van der Waals surface area contributed by atoms with Crippen LogP contribution in [-0.2, 0) is 0 Å². The van der Waals surface area contributed by atoms with Gasteiger partial charge in [-0.25, -0.2) is 0 Å². The van der Waals surface area contributed by atoms with Crippen molar-refractivity contribution in [1.82, 2.24) is 10.2 Å². The fourth-order valence-corrected chi connectivity index (χ4v) is 3.38. The monoisotopic (exact) mass is 378 g/mol. The second-order valence-electron chi connectivity index (χ2n) is 6.83. The summed E-state index contributed by atoms with van der Waals surface area (Å²) >= 11 is 0. The van der Waals surface area contributed by atoms with Gasteiger partial charge in [0.05, 0.1) is 20.3 Å². The van der Waals surface area contributed by atoms with Gasteiger partial charge in [-0.15, -0.1) is 0 Å². The van der Waals surface area contributed by atoms with Crippen LogP contribution in [0.3, 0.4) is 0 Å². The molecule has 0 bridgehead atoms. The lowest BCUT2D eigenvalue weighted by Gasteiger charge is -2.26. The van der Waals surface area contributed by atoms with Gasteiger partial charge in [-0.1, -0.05) is 42.5 Å². The average Bonchev–Trinajstić information content (AvgIpc) is 2.73. The van der Waals surface area contributed by atoms with Gasteiger partial charge in [0.1, 0.15) is 0 Å². The fourth-order valence-electron chi connectivity index (χ4n) is 3.38. The SMILES string of the molecule is COc1ccc(C(=O)NC[C@@H](c2cccc3ccccc23)N(C)C)cc1OC. The zero-order valence-electron chi connectivity index (χ0n) is 16.7. The van der Waals surface area contributed by atoms with Crippen molar-refractivity contribution >= 4 is 16.7 Å². The lowest BCUT2D eigenvalue weighted by Crippen LogP contribution is -2.34. The summed E-state index contributed by atoms with van der Waals surface area (Å²) in [5.41, 5.74) is 1.73. The predicted molar refractivity (Wildman–Crippen MR) is 112 cm³/mol. The summed E-state index contributed by atoms with van der Waals surface area (Å²) in [6.07, 6.45) is 0. The van der Waals surface area contributed by atoms with E-state index in [0.717, 1.165) is 0 Å². The number of ether oxygens (including phenoxy) is 2. The van der Waals surface area contributed by atoms with Crippen LogP contribution in [0.15, 0.2) is 60.7 Å². The minimum absolute atomic E-state index is 0.0511. The lowest BCUT2D eigenvalue weighted by molar-refractivity contribution is 0.0941. The topological polar surface area (TPSA) is 50.8 Å². The first-order valence-electron chi connectivity index (χ1n) is 9.19. The van der Waals surface area contributed by atoms with Crippen LogP contribution in [0.1, 0.15) is 22.0 Å². The van der Waals surface area contributed by atoms with Crippen molar-refractivity contribution in [2.75, 3.05) is 34.9 Å². The molecule has 0 saturated heterocycles. The molecule has 0 heterocycles. The summed E-state index contributed by atoms with van der Waals surface area (Å²) in [7, 11) is 7.18. The van der Waals surface area contributed by atoms with Crippen molar-refractivity contribution in [3.63, 3.8) is 0 Å². The summed E-state index contributed by atoms with van der Waals surface area (Å²) in [6.45, 7) is 0.494. The first-order valence-corrected chi connectivity index (χ1v) is 9.19. The summed E-state index contributed by atoms with van der Waals surface area (Å²) in [6, 6.07) is 19.8. The number of methoxy groups -OCH3 is 2. The second-order valence-corrected chi connectivity index (χ2v) is 6.83. The molecule has 0 aliphatic rings. The molecule has 0 aromatic heterocycles. The minimum atomic E-state index is -0.145. The Kier molecular flexibility index (Phi) is 6.16. The Hall–Kier alpha value is -3.05. The van der Waals surface area contributed by atoms with Crippen LogP contribution in [0.5, 0.6) is 11.5 Å². The van der Waals surface area contributed by atoms with Gasteiger partial charge in [-0.05, 0) is 48.6 Å². The molecule has 0 radical (unpaired) electrons. The molecule has 0 fully saturated rings. The molecule has 3 rings (SSSR count). The van der Waals surface area contributed by atoms with Crippen LogP contribution < -0.4 is 14.8 Å². The molecule has 5 nitrogen and oxygen atoms in total. The van der Waals surface area contributed by atoms with Gasteiger partial charge in [0.25, 0.3) is 5.91 Å². The number of fused-ring (bicyclic) bond motifs is 1. The van der Waals surface area contributed by atoms with Gasteiger partial charge in [0.2, 0.25) is 0 Å². The number of carbonyl (C=O) groups excluding carboxylic acids is 1. The molecule has 146 valence electrons. The van der Waals surface area contributed by atoms with Gasteiger partial charge >= 0.3 is 0 Å². The highest BCUT2D eigenvalue weighted by molar-refractivity contribution is 5.95. The molecular formula is C23H26N2O3. The molecule has 3 aromatic rings. The third kappa shape index (κ3) is 4.10. The number of amides is 1.